The van der Waals surface area contributed by atoms with Crippen LogP contribution in [0.25, 0.3) is 0 Å². The second-order valence-corrected chi connectivity index (χ2v) is 5.29. The van der Waals surface area contributed by atoms with Crippen molar-refractivity contribution in [3.8, 4) is 0 Å². The van der Waals surface area contributed by atoms with Gasteiger partial charge >= 0.3 is 0 Å². The molecule has 0 unspecified atom stereocenters. The molecule has 0 radical (unpaired) electrons. The first kappa shape index (κ1) is 10.6. The first-order valence-corrected chi connectivity index (χ1v) is 6.58. The number of hydrogen-bond donors (Lipinski definition) is 0. The Morgan fingerprint density at radius 1 is 1.47 bits per heavy atom. The van der Waals surface area contributed by atoms with Gasteiger partial charge in [-0.25, -0.2) is 0 Å². The fourth-order valence-electron chi connectivity index (χ4n) is 1.88. The van der Waals surface area contributed by atoms with E-state index in [2.05, 4.69) is 6.07 Å². The van der Waals surface area contributed by atoms with E-state index in [0.29, 0.717) is 18.2 Å². The summed E-state index contributed by atoms with van der Waals surface area (Å²) in [5.41, 5.74) is 0.647. The summed E-state index contributed by atoms with van der Waals surface area (Å²) in [5, 5.41) is 2.04. The van der Waals surface area contributed by atoms with Crippen LogP contribution < -0.4 is 0 Å². The van der Waals surface area contributed by atoms with Crippen LogP contribution in [-0.2, 0) is 6.54 Å². The van der Waals surface area contributed by atoms with Gasteiger partial charge in [0.25, 0.3) is 5.91 Å². The predicted octanol–water partition coefficient (Wildman–Crippen LogP) is 3.15. The lowest BCUT2D eigenvalue weighted by molar-refractivity contribution is 0.0731. The SMILES string of the molecule is O=C(c1ccoc1)N(Cc1cccs1)C1CC1. The van der Waals surface area contributed by atoms with Crippen molar-refractivity contribution < 1.29 is 9.21 Å². The van der Waals surface area contributed by atoms with E-state index in [0.717, 1.165) is 12.8 Å². The topological polar surface area (TPSA) is 33.5 Å². The molecule has 1 amide bonds. The van der Waals surface area contributed by atoms with Crippen molar-refractivity contribution in [3.05, 3.63) is 46.5 Å². The zero-order valence-electron chi connectivity index (χ0n) is 9.33. The summed E-state index contributed by atoms with van der Waals surface area (Å²) < 4.78 is 4.98. The van der Waals surface area contributed by atoms with E-state index in [1.807, 2.05) is 16.3 Å². The second-order valence-electron chi connectivity index (χ2n) is 4.26. The van der Waals surface area contributed by atoms with Crippen molar-refractivity contribution in [3.63, 3.8) is 0 Å². The molecule has 1 aliphatic rings. The van der Waals surface area contributed by atoms with Gasteiger partial charge in [0.1, 0.15) is 6.26 Å². The molecule has 17 heavy (non-hydrogen) atoms. The van der Waals surface area contributed by atoms with Crippen molar-refractivity contribution >= 4 is 17.2 Å². The lowest BCUT2D eigenvalue weighted by Crippen LogP contribution is -2.32. The minimum absolute atomic E-state index is 0.0784. The number of thiophene rings is 1. The molecule has 2 aromatic rings. The third-order valence-electron chi connectivity index (χ3n) is 2.92. The molecule has 0 saturated heterocycles. The Balaban J connectivity index is 1.78. The molecule has 1 saturated carbocycles. The molecule has 0 spiro atoms. The Morgan fingerprint density at radius 3 is 2.94 bits per heavy atom. The first-order chi connectivity index (χ1) is 8.34. The lowest BCUT2D eigenvalue weighted by atomic mass is 10.2. The van der Waals surface area contributed by atoms with Crippen molar-refractivity contribution in [2.24, 2.45) is 0 Å². The number of rotatable bonds is 4. The van der Waals surface area contributed by atoms with Crippen molar-refractivity contribution in [2.45, 2.75) is 25.4 Å². The number of carbonyl (C=O) groups is 1. The van der Waals surface area contributed by atoms with E-state index in [-0.39, 0.29) is 5.91 Å². The molecule has 88 valence electrons. The molecule has 0 aliphatic heterocycles. The van der Waals surface area contributed by atoms with Gasteiger partial charge in [0.15, 0.2) is 0 Å². The van der Waals surface area contributed by atoms with Gasteiger partial charge in [0.2, 0.25) is 0 Å². The fraction of sp³-hybridized carbons (Fsp3) is 0.308. The zero-order chi connectivity index (χ0) is 11.7. The average Bonchev–Trinajstić information content (AvgIpc) is 2.86. The average molecular weight is 247 g/mol. The molecule has 3 rings (SSSR count). The van der Waals surface area contributed by atoms with E-state index in [1.165, 1.54) is 11.1 Å². The number of amides is 1. The first-order valence-electron chi connectivity index (χ1n) is 5.70. The van der Waals surface area contributed by atoms with Crippen molar-refractivity contribution in [1.82, 2.24) is 4.90 Å². The highest BCUT2D eigenvalue weighted by Gasteiger charge is 2.33. The van der Waals surface area contributed by atoms with Gasteiger partial charge in [-0.15, -0.1) is 11.3 Å². The van der Waals surface area contributed by atoms with Gasteiger partial charge in [-0.05, 0) is 30.4 Å². The summed E-state index contributed by atoms with van der Waals surface area (Å²) in [6.07, 6.45) is 5.31. The van der Waals surface area contributed by atoms with Gasteiger partial charge in [-0.3, -0.25) is 4.79 Å². The minimum Gasteiger partial charge on any atom is -0.472 e. The van der Waals surface area contributed by atoms with Gasteiger partial charge in [0.05, 0.1) is 18.4 Å². The molecule has 0 aromatic carbocycles. The summed E-state index contributed by atoms with van der Waals surface area (Å²) in [6.45, 7) is 0.715. The van der Waals surface area contributed by atoms with Crippen LogP contribution in [0.5, 0.6) is 0 Å². The molecule has 4 heteroatoms. The number of furan rings is 1. The molecule has 1 aliphatic carbocycles. The number of nitrogens with zero attached hydrogens (tertiary/aromatic N) is 1. The maximum Gasteiger partial charge on any atom is 0.257 e. The monoisotopic (exact) mass is 247 g/mol. The summed E-state index contributed by atoms with van der Waals surface area (Å²) in [6, 6.07) is 6.24. The minimum atomic E-state index is 0.0784. The summed E-state index contributed by atoms with van der Waals surface area (Å²) >= 11 is 1.69. The second kappa shape index (κ2) is 4.37. The highest BCUT2D eigenvalue weighted by atomic mass is 32.1. The zero-order valence-corrected chi connectivity index (χ0v) is 10.2. The van der Waals surface area contributed by atoms with Crippen LogP contribution >= 0.6 is 11.3 Å². The molecule has 1 fully saturated rings. The highest BCUT2D eigenvalue weighted by molar-refractivity contribution is 7.09. The van der Waals surface area contributed by atoms with Crippen LogP contribution in [-0.4, -0.2) is 16.8 Å². The largest absolute Gasteiger partial charge is 0.472 e. The summed E-state index contributed by atoms with van der Waals surface area (Å²) in [7, 11) is 0. The Kier molecular flexibility index (Phi) is 2.73. The fourth-order valence-corrected chi connectivity index (χ4v) is 2.58. The van der Waals surface area contributed by atoms with Crippen LogP contribution in [0, 0.1) is 0 Å². The number of hydrogen-bond acceptors (Lipinski definition) is 3. The van der Waals surface area contributed by atoms with Gasteiger partial charge in [-0.1, -0.05) is 6.07 Å². The van der Waals surface area contributed by atoms with Crippen molar-refractivity contribution in [1.29, 1.82) is 0 Å². The quantitative estimate of drug-likeness (QED) is 0.831. The lowest BCUT2D eigenvalue weighted by Gasteiger charge is -2.20. The third-order valence-corrected chi connectivity index (χ3v) is 3.78. The Morgan fingerprint density at radius 2 is 2.35 bits per heavy atom. The van der Waals surface area contributed by atoms with E-state index in [4.69, 9.17) is 4.42 Å². The van der Waals surface area contributed by atoms with E-state index >= 15 is 0 Å². The maximum atomic E-state index is 12.3. The van der Waals surface area contributed by atoms with E-state index in [1.54, 1.807) is 23.7 Å². The molecule has 0 atom stereocenters. The highest BCUT2D eigenvalue weighted by Crippen LogP contribution is 2.30. The molecule has 0 bridgehead atoms. The Bertz CT molecular complexity index is 485. The smallest absolute Gasteiger partial charge is 0.257 e. The standard InChI is InChI=1S/C13H13NO2S/c15-13(10-5-6-16-9-10)14(11-3-4-11)8-12-2-1-7-17-12/h1-2,5-7,9,11H,3-4,8H2. The third kappa shape index (κ3) is 2.26. The Labute approximate surface area is 104 Å². The summed E-state index contributed by atoms with van der Waals surface area (Å²) in [4.78, 5) is 15.5. The normalized spacial score (nSPS) is 14.8. The van der Waals surface area contributed by atoms with Crippen LogP contribution in [0.2, 0.25) is 0 Å². The van der Waals surface area contributed by atoms with Crippen LogP contribution in [0.4, 0.5) is 0 Å². The van der Waals surface area contributed by atoms with Gasteiger partial charge < -0.3 is 9.32 Å². The maximum absolute atomic E-state index is 12.3. The predicted molar refractivity (Wildman–Crippen MR) is 65.9 cm³/mol. The van der Waals surface area contributed by atoms with Crippen LogP contribution in [0.15, 0.2) is 40.5 Å². The molecular formula is C13H13NO2S. The van der Waals surface area contributed by atoms with Gasteiger partial charge in [0, 0.05) is 10.9 Å². The number of carbonyl (C=O) groups excluding carboxylic acids is 1. The molecule has 2 heterocycles. The van der Waals surface area contributed by atoms with E-state index in [9.17, 15) is 4.79 Å². The van der Waals surface area contributed by atoms with Crippen LogP contribution in [0.1, 0.15) is 28.1 Å². The molecule has 0 N–H and O–H groups in total. The molecular weight excluding hydrogens is 234 g/mol. The molecule has 3 nitrogen and oxygen atoms in total. The summed E-state index contributed by atoms with van der Waals surface area (Å²) in [5.74, 6) is 0.0784. The van der Waals surface area contributed by atoms with Crippen molar-refractivity contribution in [2.75, 3.05) is 0 Å². The Hall–Kier alpha value is -1.55. The van der Waals surface area contributed by atoms with E-state index < -0.39 is 0 Å². The van der Waals surface area contributed by atoms with Crippen LogP contribution in [0.3, 0.4) is 0 Å². The molecule has 2 aromatic heterocycles. The van der Waals surface area contributed by atoms with Gasteiger partial charge in [-0.2, -0.15) is 0 Å².